The summed E-state index contributed by atoms with van der Waals surface area (Å²) in [6, 6.07) is 23.5. The lowest BCUT2D eigenvalue weighted by Crippen LogP contribution is -2.54. The summed E-state index contributed by atoms with van der Waals surface area (Å²) in [7, 11) is 1.54. The Labute approximate surface area is 263 Å². The van der Waals surface area contributed by atoms with Crippen molar-refractivity contribution in [1.82, 2.24) is 15.1 Å². The number of hydrogen-bond donors (Lipinski definition) is 2. The molecule has 0 spiro atoms. The van der Waals surface area contributed by atoms with Gasteiger partial charge < -0.3 is 25.0 Å². The lowest BCUT2D eigenvalue weighted by Gasteiger charge is -2.44. The van der Waals surface area contributed by atoms with E-state index in [0.717, 1.165) is 16.7 Å². The number of benzene rings is 3. The second kappa shape index (κ2) is 12.8. The van der Waals surface area contributed by atoms with Crippen LogP contribution in [0.1, 0.15) is 71.5 Å². The summed E-state index contributed by atoms with van der Waals surface area (Å²) < 4.78 is 5.34. The van der Waals surface area contributed by atoms with Crippen molar-refractivity contribution >= 4 is 23.7 Å². The minimum absolute atomic E-state index is 0.0238. The number of fused-ring (bicyclic) bond motifs is 1. The molecule has 0 aromatic heterocycles. The molecular formula is C36H39N3O6. The Morgan fingerprint density at radius 1 is 0.844 bits per heavy atom. The van der Waals surface area contributed by atoms with Gasteiger partial charge in [-0.3, -0.25) is 14.4 Å². The Balaban J connectivity index is 1.23. The molecule has 1 aliphatic carbocycles. The largest absolute Gasteiger partial charge is 0.496 e. The third-order valence-corrected chi connectivity index (χ3v) is 9.83. The van der Waals surface area contributed by atoms with Gasteiger partial charge in [-0.15, -0.1) is 0 Å². The standard InChI is InChI=1S/C36H39N3O6/c1-45-31-16-8-6-13-28(31)32(40)37-25-18-22-38(23-19-25)33(41)27-17-20-36(24-10-3-2-4-11-24,29-14-7-5-12-26(27)29)35(44)39-21-9-15-30(39)34(42)43/h2-8,10-14,16,25,27,30H,9,15,17-23H2,1H3,(H,37,40)(H,42,43)/t27-,30+,36+/m0/s1. The van der Waals surface area contributed by atoms with Crippen LogP contribution < -0.4 is 10.1 Å². The second-order valence-electron chi connectivity index (χ2n) is 12.2. The van der Waals surface area contributed by atoms with E-state index in [1.165, 1.54) is 0 Å². The summed E-state index contributed by atoms with van der Waals surface area (Å²) in [6.07, 6.45) is 3.22. The number of methoxy groups -OCH3 is 1. The molecule has 2 N–H and O–H groups in total. The summed E-state index contributed by atoms with van der Waals surface area (Å²) in [5, 5.41) is 13.0. The Hall–Kier alpha value is -4.66. The molecule has 3 aromatic carbocycles. The van der Waals surface area contributed by atoms with E-state index in [9.17, 15) is 24.3 Å². The van der Waals surface area contributed by atoms with Crippen molar-refractivity contribution in [2.24, 2.45) is 0 Å². The fourth-order valence-corrected chi connectivity index (χ4v) is 7.54. The number of carboxylic acid groups (broad SMARTS) is 1. The molecule has 3 atom stereocenters. The van der Waals surface area contributed by atoms with E-state index in [4.69, 9.17) is 4.74 Å². The molecule has 0 radical (unpaired) electrons. The zero-order valence-corrected chi connectivity index (χ0v) is 25.5. The lowest BCUT2D eigenvalue weighted by molar-refractivity contribution is -0.150. The SMILES string of the molecule is COc1ccccc1C(=O)NC1CCN(C(=O)[C@H]2CC[C@@](C(=O)N3CCC[C@@H]3C(=O)O)(c3ccccc3)c3ccccc32)CC1. The number of rotatable bonds is 7. The molecule has 9 nitrogen and oxygen atoms in total. The number of ether oxygens (including phenoxy) is 1. The summed E-state index contributed by atoms with van der Waals surface area (Å²) in [5.41, 5.74) is 1.82. The zero-order valence-electron chi connectivity index (χ0n) is 25.5. The highest BCUT2D eigenvalue weighted by Gasteiger charge is 2.52. The summed E-state index contributed by atoms with van der Waals surface area (Å²) >= 11 is 0. The molecule has 2 aliphatic heterocycles. The maximum absolute atomic E-state index is 14.6. The van der Waals surface area contributed by atoms with Crippen LogP contribution in [0.2, 0.25) is 0 Å². The van der Waals surface area contributed by atoms with Crippen molar-refractivity contribution in [2.75, 3.05) is 26.7 Å². The first kappa shape index (κ1) is 30.4. The van der Waals surface area contributed by atoms with Crippen LogP contribution in [-0.2, 0) is 19.8 Å². The van der Waals surface area contributed by atoms with Crippen LogP contribution in [0.15, 0.2) is 78.9 Å². The number of carboxylic acids is 1. The van der Waals surface area contributed by atoms with Crippen LogP contribution >= 0.6 is 0 Å². The zero-order chi connectivity index (χ0) is 31.6. The number of piperidine rings is 1. The number of nitrogens with one attached hydrogen (secondary N) is 1. The van der Waals surface area contributed by atoms with Gasteiger partial charge in [-0.1, -0.05) is 66.7 Å². The highest BCUT2D eigenvalue weighted by Crippen LogP contribution is 2.49. The maximum atomic E-state index is 14.6. The molecule has 45 heavy (non-hydrogen) atoms. The Bertz CT molecular complexity index is 1580. The van der Waals surface area contributed by atoms with E-state index in [1.54, 1.807) is 30.2 Å². The molecule has 2 saturated heterocycles. The van der Waals surface area contributed by atoms with E-state index >= 15 is 0 Å². The highest BCUT2D eigenvalue weighted by molar-refractivity contribution is 5.98. The second-order valence-corrected chi connectivity index (χ2v) is 12.2. The van der Waals surface area contributed by atoms with Crippen molar-refractivity contribution in [2.45, 2.75) is 61.9 Å². The monoisotopic (exact) mass is 609 g/mol. The van der Waals surface area contributed by atoms with Gasteiger partial charge in [0.1, 0.15) is 11.8 Å². The first-order chi connectivity index (χ1) is 21.8. The molecule has 3 amide bonds. The molecule has 0 bridgehead atoms. The number of aliphatic carboxylic acids is 1. The predicted molar refractivity (Wildman–Crippen MR) is 168 cm³/mol. The topological polar surface area (TPSA) is 116 Å². The Morgan fingerprint density at radius 2 is 1.53 bits per heavy atom. The molecule has 6 rings (SSSR count). The van der Waals surface area contributed by atoms with Gasteiger partial charge in [0.25, 0.3) is 5.91 Å². The number of likely N-dealkylation sites (tertiary alicyclic amines) is 2. The first-order valence-electron chi connectivity index (χ1n) is 15.8. The average Bonchev–Trinajstić information content (AvgIpc) is 3.58. The van der Waals surface area contributed by atoms with Crippen molar-refractivity contribution in [3.63, 3.8) is 0 Å². The fraction of sp³-hybridized carbons (Fsp3) is 0.389. The molecule has 9 heteroatoms. The van der Waals surface area contributed by atoms with Crippen molar-refractivity contribution in [3.05, 3.63) is 101 Å². The number of nitrogens with zero attached hydrogens (tertiary/aromatic N) is 2. The van der Waals surface area contributed by atoms with Crippen LogP contribution in [0.3, 0.4) is 0 Å². The van der Waals surface area contributed by atoms with Gasteiger partial charge in [-0.25, -0.2) is 4.79 Å². The average molecular weight is 610 g/mol. The number of carbonyl (C=O) groups excluding carboxylic acids is 3. The van der Waals surface area contributed by atoms with Crippen LogP contribution in [-0.4, -0.2) is 77.4 Å². The number of amides is 3. The summed E-state index contributed by atoms with van der Waals surface area (Å²) in [5.74, 6) is -1.25. The van der Waals surface area contributed by atoms with E-state index < -0.39 is 23.3 Å². The number of para-hydroxylation sites is 1. The smallest absolute Gasteiger partial charge is 0.326 e. The minimum Gasteiger partial charge on any atom is -0.496 e. The summed E-state index contributed by atoms with van der Waals surface area (Å²) in [4.78, 5) is 57.2. The van der Waals surface area contributed by atoms with Gasteiger partial charge in [-0.2, -0.15) is 0 Å². The van der Waals surface area contributed by atoms with Gasteiger partial charge in [-0.05, 0) is 67.3 Å². The molecule has 2 heterocycles. The van der Waals surface area contributed by atoms with E-state index in [1.807, 2.05) is 65.6 Å². The predicted octanol–water partition coefficient (Wildman–Crippen LogP) is 4.36. The Kier molecular flexibility index (Phi) is 8.61. The highest BCUT2D eigenvalue weighted by atomic mass is 16.5. The normalized spacial score (nSPS) is 23.2. The molecule has 234 valence electrons. The van der Waals surface area contributed by atoms with Gasteiger partial charge in [0.05, 0.1) is 24.0 Å². The molecule has 2 fully saturated rings. The van der Waals surface area contributed by atoms with E-state index in [0.29, 0.717) is 69.5 Å². The van der Waals surface area contributed by atoms with E-state index in [-0.39, 0.29) is 23.8 Å². The number of carbonyl (C=O) groups is 4. The quantitative estimate of drug-likeness (QED) is 0.412. The van der Waals surface area contributed by atoms with Crippen molar-refractivity contribution in [3.8, 4) is 5.75 Å². The molecule has 0 unspecified atom stereocenters. The van der Waals surface area contributed by atoms with Crippen LogP contribution in [0, 0.1) is 0 Å². The van der Waals surface area contributed by atoms with Crippen LogP contribution in [0.5, 0.6) is 5.75 Å². The Morgan fingerprint density at radius 3 is 2.27 bits per heavy atom. The van der Waals surface area contributed by atoms with Crippen molar-refractivity contribution in [1.29, 1.82) is 0 Å². The first-order valence-corrected chi connectivity index (χ1v) is 15.8. The van der Waals surface area contributed by atoms with E-state index in [2.05, 4.69) is 5.32 Å². The molecule has 3 aliphatic rings. The molecule has 3 aromatic rings. The van der Waals surface area contributed by atoms with Gasteiger partial charge >= 0.3 is 5.97 Å². The minimum atomic E-state index is -1.08. The van der Waals surface area contributed by atoms with Gasteiger partial charge in [0.15, 0.2) is 0 Å². The molecular weight excluding hydrogens is 570 g/mol. The fourth-order valence-electron chi connectivity index (χ4n) is 7.54. The van der Waals surface area contributed by atoms with Gasteiger partial charge in [0.2, 0.25) is 11.8 Å². The number of hydrogen-bond acceptors (Lipinski definition) is 5. The molecule has 0 saturated carbocycles. The van der Waals surface area contributed by atoms with Gasteiger partial charge in [0, 0.05) is 25.7 Å². The third-order valence-electron chi connectivity index (χ3n) is 9.83. The summed E-state index contributed by atoms with van der Waals surface area (Å²) in [6.45, 7) is 1.44. The van der Waals surface area contributed by atoms with Crippen LogP contribution in [0.25, 0.3) is 0 Å². The van der Waals surface area contributed by atoms with Crippen LogP contribution in [0.4, 0.5) is 0 Å². The maximum Gasteiger partial charge on any atom is 0.326 e. The lowest BCUT2D eigenvalue weighted by atomic mass is 9.62. The third kappa shape index (κ3) is 5.56. The van der Waals surface area contributed by atoms with Crippen molar-refractivity contribution < 1.29 is 29.0 Å².